The summed E-state index contributed by atoms with van der Waals surface area (Å²) in [4.78, 5) is 0. The van der Waals surface area contributed by atoms with Gasteiger partial charge in [0, 0.05) is 12.5 Å². The zero-order chi connectivity index (χ0) is 12.1. The molecule has 0 radical (unpaired) electrons. The largest absolute Gasteiger partial charge is 0.319 e. The van der Waals surface area contributed by atoms with E-state index in [1.807, 2.05) is 19.2 Å². The van der Waals surface area contributed by atoms with Crippen LogP contribution in [0.3, 0.4) is 0 Å². The maximum atomic E-state index is 13.9. The second kappa shape index (κ2) is 6.21. The van der Waals surface area contributed by atoms with Crippen molar-refractivity contribution >= 4 is 11.6 Å². The van der Waals surface area contributed by atoms with E-state index in [-0.39, 0.29) is 16.8 Å². The van der Waals surface area contributed by atoms with Gasteiger partial charge in [0.1, 0.15) is 5.82 Å². The lowest BCUT2D eigenvalue weighted by Crippen LogP contribution is -2.23. The molecule has 0 heterocycles. The monoisotopic (exact) mass is 243 g/mol. The number of hydrogen-bond acceptors (Lipinski definition) is 1. The molecular weight excluding hydrogens is 225 g/mol. The molecule has 2 unspecified atom stereocenters. The predicted molar refractivity (Wildman–Crippen MR) is 67.5 cm³/mol. The fourth-order valence-electron chi connectivity index (χ4n) is 1.93. The van der Waals surface area contributed by atoms with Crippen LogP contribution in [-0.2, 0) is 0 Å². The second-order valence-corrected chi connectivity index (χ2v) is 4.60. The third-order valence-corrected chi connectivity index (χ3v) is 3.43. The Morgan fingerprint density at radius 2 is 2.12 bits per heavy atom. The van der Waals surface area contributed by atoms with E-state index in [2.05, 4.69) is 19.2 Å². The third kappa shape index (κ3) is 2.96. The summed E-state index contributed by atoms with van der Waals surface area (Å²) in [6.07, 6.45) is 1.03. The minimum atomic E-state index is -0.273. The Morgan fingerprint density at radius 1 is 1.44 bits per heavy atom. The number of benzene rings is 1. The van der Waals surface area contributed by atoms with Crippen molar-refractivity contribution in [2.45, 2.75) is 26.2 Å². The van der Waals surface area contributed by atoms with E-state index < -0.39 is 0 Å². The van der Waals surface area contributed by atoms with Crippen LogP contribution in [0.1, 0.15) is 31.7 Å². The van der Waals surface area contributed by atoms with Gasteiger partial charge in [-0.3, -0.25) is 0 Å². The van der Waals surface area contributed by atoms with Crippen molar-refractivity contribution in [1.29, 1.82) is 0 Å². The third-order valence-electron chi connectivity index (χ3n) is 3.14. The Labute approximate surface area is 102 Å². The summed E-state index contributed by atoms with van der Waals surface area (Å²) in [5.41, 5.74) is 0.719. The lowest BCUT2D eigenvalue weighted by Gasteiger charge is -2.24. The highest BCUT2D eigenvalue weighted by Gasteiger charge is 2.21. The zero-order valence-corrected chi connectivity index (χ0v) is 10.8. The Bertz CT molecular complexity index is 341. The summed E-state index contributed by atoms with van der Waals surface area (Å²) in [5, 5.41) is 3.33. The molecule has 0 aliphatic rings. The van der Waals surface area contributed by atoms with Gasteiger partial charge in [0.25, 0.3) is 0 Å². The molecule has 0 bridgehead atoms. The van der Waals surface area contributed by atoms with Gasteiger partial charge < -0.3 is 5.32 Å². The van der Waals surface area contributed by atoms with E-state index in [4.69, 9.17) is 11.6 Å². The van der Waals surface area contributed by atoms with Crippen molar-refractivity contribution in [2.24, 2.45) is 5.92 Å². The SMILES string of the molecule is CCC(C)C(CNC)c1cccc(Cl)c1F. The highest BCUT2D eigenvalue weighted by Crippen LogP contribution is 2.31. The van der Waals surface area contributed by atoms with Crippen LogP contribution in [0, 0.1) is 11.7 Å². The summed E-state index contributed by atoms with van der Waals surface area (Å²) in [6.45, 7) is 5.03. The van der Waals surface area contributed by atoms with Gasteiger partial charge >= 0.3 is 0 Å². The van der Waals surface area contributed by atoms with Gasteiger partial charge in [-0.05, 0) is 24.6 Å². The molecule has 1 N–H and O–H groups in total. The summed E-state index contributed by atoms with van der Waals surface area (Å²) >= 11 is 5.81. The van der Waals surface area contributed by atoms with Gasteiger partial charge in [-0.15, -0.1) is 0 Å². The van der Waals surface area contributed by atoms with Crippen molar-refractivity contribution in [3.63, 3.8) is 0 Å². The molecular formula is C13H19ClFN. The first-order valence-electron chi connectivity index (χ1n) is 5.70. The van der Waals surface area contributed by atoms with E-state index in [1.165, 1.54) is 0 Å². The molecule has 0 aliphatic heterocycles. The van der Waals surface area contributed by atoms with Gasteiger partial charge in [-0.2, -0.15) is 0 Å². The zero-order valence-electron chi connectivity index (χ0n) is 10.1. The van der Waals surface area contributed by atoms with Gasteiger partial charge in [0.2, 0.25) is 0 Å². The van der Waals surface area contributed by atoms with Crippen molar-refractivity contribution in [1.82, 2.24) is 5.32 Å². The highest BCUT2D eigenvalue weighted by atomic mass is 35.5. The topological polar surface area (TPSA) is 12.0 Å². The summed E-state index contributed by atoms with van der Waals surface area (Å²) in [6, 6.07) is 5.23. The maximum Gasteiger partial charge on any atom is 0.145 e. The molecule has 1 aromatic carbocycles. The number of halogens is 2. The molecule has 1 nitrogen and oxygen atoms in total. The standard InChI is InChI=1S/C13H19ClFN/c1-4-9(2)11(8-16-3)10-6-5-7-12(14)13(10)15/h5-7,9,11,16H,4,8H2,1-3H3. The molecule has 0 spiro atoms. The molecule has 0 amide bonds. The highest BCUT2D eigenvalue weighted by molar-refractivity contribution is 6.30. The molecule has 0 aliphatic carbocycles. The molecule has 0 saturated carbocycles. The average Bonchev–Trinajstić information content (AvgIpc) is 2.29. The predicted octanol–water partition coefficient (Wildman–Crippen LogP) is 3.83. The molecule has 0 aromatic heterocycles. The van der Waals surface area contributed by atoms with E-state index in [9.17, 15) is 4.39 Å². The van der Waals surface area contributed by atoms with Crippen LogP contribution in [-0.4, -0.2) is 13.6 Å². The minimum absolute atomic E-state index is 0.175. The number of hydrogen-bond donors (Lipinski definition) is 1. The van der Waals surface area contributed by atoms with Crippen molar-refractivity contribution in [3.8, 4) is 0 Å². The Kier molecular flexibility index (Phi) is 5.23. The van der Waals surface area contributed by atoms with Crippen LogP contribution in [0.2, 0.25) is 5.02 Å². The molecule has 0 fully saturated rings. The summed E-state index contributed by atoms with van der Waals surface area (Å²) < 4.78 is 13.9. The van der Waals surface area contributed by atoms with E-state index in [1.54, 1.807) is 6.07 Å². The van der Waals surface area contributed by atoms with Gasteiger partial charge in [-0.1, -0.05) is 44.0 Å². The molecule has 3 heteroatoms. The first-order chi connectivity index (χ1) is 7.61. The molecule has 16 heavy (non-hydrogen) atoms. The average molecular weight is 244 g/mol. The summed E-state index contributed by atoms with van der Waals surface area (Å²) in [5.74, 6) is 0.332. The van der Waals surface area contributed by atoms with Crippen LogP contribution in [0.25, 0.3) is 0 Å². The van der Waals surface area contributed by atoms with Crippen molar-refractivity contribution < 1.29 is 4.39 Å². The van der Waals surface area contributed by atoms with Gasteiger partial charge in [0.05, 0.1) is 5.02 Å². The first-order valence-corrected chi connectivity index (χ1v) is 6.08. The van der Waals surface area contributed by atoms with Crippen LogP contribution in [0.5, 0.6) is 0 Å². The first kappa shape index (κ1) is 13.5. The second-order valence-electron chi connectivity index (χ2n) is 4.19. The Hall–Kier alpha value is -0.600. The fourth-order valence-corrected chi connectivity index (χ4v) is 2.11. The molecule has 0 saturated heterocycles. The smallest absolute Gasteiger partial charge is 0.145 e. The van der Waals surface area contributed by atoms with Crippen LogP contribution < -0.4 is 5.32 Å². The van der Waals surface area contributed by atoms with E-state index in [0.29, 0.717) is 5.92 Å². The van der Waals surface area contributed by atoms with Crippen LogP contribution in [0.15, 0.2) is 18.2 Å². The Balaban J connectivity index is 3.05. The van der Waals surface area contributed by atoms with E-state index >= 15 is 0 Å². The van der Waals surface area contributed by atoms with Gasteiger partial charge in [0.15, 0.2) is 0 Å². The summed E-state index contributed by atoms with van der Waals surface area (Å²) in [7, 11) is 1.89. The number of nitrogens with one attached hydrogen (secondary N) is 1. The number of likely N-dealkylation sites (N-methyl/N-ethyl adjacent to an activating group) is 1. The maximum absolute atomic E-state index is 13.9. The fraction of sp³-hybridized carbons (Fsp3) is 0.538. The van der Waals surface area contributed by atoms with Crippen LogP contribution in [0.4, 0.5) is 4.39 Å². The Morgan fingerprint density at radius 3 is 2.69 bits per heavy atom. The molecule has 1 rings (SSSR count). The molecule has 2 atom stereocenters. The van der Waals surface area contributed by atoms with Crippen molar-refractivity contribution in [3.05, 3.63) is 34.6 Å². The minimum Gasteiger partial charge on any atom is -0.319 e. The van der Waals surface area contributed by atoms with Gasteiger partial charge in [-0.25, -0.2) is 4.39 Å². The lowest BCUT2D eigenvalue weighted by molar-refractivity contribution is 0.417. The van der Waals surface area contributed by atoms with Crippen molar-refractivity contribution in [2.75, 3.05) is 13.6 Å². The number of rotatable bonds is 5. The molecule has 90 valence electrons. The van der Waals surface area contributed by atoms with E-state index in [0.717, 1.165) is 18.5 Å². The van der Waals surface area contributed by atoms with Crippen LogP contribution >= 0.6 is 11.6 Å². The normalized spacial score (nSPS) is 14.8. The lowest BCUT2D eigenvalue weighted by atomic mass is 9.85. The quantitative estimate of drug-likeness (QED) is 0.829. The molecule has 1 aromatic rings.